The Hall–Kier alpha value is -1.61. The third-order valence-electron chi connectivity index (χ3n) is 3.38. The van der Waals surface area contributed by atoms with E-state index in [0.717, 1.165) is 11.3 Å². The van der Waals surface area contributed by atoms with E-state index in [2.05, 4.69) is 51.7 Å². The molecule has 0 radical (unpaired) electrons. The number of oxazole rings is 1. The molecule has 0 saturated heterocycles. The van der Waals surface area contributed by atoms with Crippen molar-refractivity contribution in [2.75, 3.05) is 0 Å². The molecule has 0 unspecified atom stereocenters. The first-order valence-electron chi connectivity index (χ1n) is 6.59. The Morgan fingerprint density at radius 2 is 1.74 bits per heavy atom. The summed E-state index contributed by atoms with van der Waals surface area (Å²) in [6.07, 6.45) is 1.69. The number of nitrogens with zero attached hydrogens (tertiary/aromatic N) is 1. The molecule has 3 nitrogen and oxygen atoms in total. The van der Waals surface area contributed by atoms with Crippen molar-refractivity contribution >= 4 is 0 Å². The van der Waals surface area contributed by atoms with E-state index in [-0.39, 0.29) is 5.41 Å². The average Bonchev–Trinajstić information content (AvgIpc) is 2.75. The molecule has 0 amide bonds. The summed E-state index contributed by atoms with van der Waals surface area (Å²) in [6, 6.07) is 4.47. The molecular weight excluding hydrogens is 236 g/mol. The minimum absolute atomic E-state index is 0.153. The fourth-order valence-corrected chi connectivity index (χ4v) is 2.32. The maximum absolute atomic E-state index is 5.54. The summed E-state index contributed by atoms with van der Waals surface area (Å²) in [6.45, 7) is 11.2. The molecule has 102 valence electrons. The van der Waals surface area contributed by atoms with Gasteiger partial charge in [0.05, 0.1) is 6.54 Å². The molecular formula is C16H22N2O. The van der Waals surface area contributed by atoms with Crippen LogP contribution in [0.15, 0.2) is 22.8 Å². The molecule has 0 aliphatic carbocycles. The summed E-state index contributed by atoms with van der Waals surface area (Å²) >= 11 is 0. The zero-order valence-electron chi connectivity index (χ0n) is 12.4. The van der Waals surface area contributed by atoms with Gasteiger partial charge >= 0.3 is 0 Å². The van der Waals surface area contributed by atoms with E-state index in [9.17, 15) is 0 Å². The van der Waals surface area contributed by atoms with Crippen LogP contribution < -0.4 is 5.73 Å². The molecule has 3 heteroatoms. The van der Waals surface area contributed by atoms with Crippen LogP contribution in [0.25, 0.3) is 11.3 Å². The lowest BCUT2D eigenvalue weighted by atomic mass is 9.83. The lowest BCUT2D eigenvalue weighted by molar-refractivity contribution is 0.498. The third kappa shape index (κ3) is 2.71. The van der Waals surface area contributed by atoms with Gasteiger partial charge in [0.25, 0.3) is 0 Å². The predicted octanol–water partition coefficient (Wildman–Crippen LogP) is 3.71. The number of hydrogen-bond donors (Lipinski definition) is 1. The highest BCUT2D eigenvalue weighted by atomic mass is 16.3. The van der Waals surface area contributed by atoms with E-state index in [4.69, 9.17) is 10.2 Å². The van der Waals surface area contributed by atoms with Crippen molar-refractivity contribution in [2.24, 2.45) is 5.73 Å². The van der Waals surface area contributed by atoms with Gasteiger partial charge in [0.1, 0.15) is 12.0 Å². The number of aryl methyl sites for hydroxylation is 2. The van der Waals surface area contributed by atoms with Crippen LogP contribution in [-0.4, -0.2) is 4.98 Å². The van der Waals surface area contributed by atoms with Gasteiger partial charge in [0, 0.05) is 5.56 Å². The summed E-state index contributed by atoms with van der Waals surface area (Å²) < 4.78 is 5.34. The summed E-state index contributed by atoms with van der Waals surface area (Å²) in [5, 5.41) is 0. The normalized spacial score (nSPS) is 11.9. The molecule has 0 saturated carbocycles. The molecule has 0 aliphatic heterocycles. The summed E-state index contributed by atoms with van der Waals surface area (Å²) in [5.41, 5.74) is 11.5. The van der Waals surface area contributed by atoms with E-state index in [1.807, 2.05) is 0 Å². The highest BCUT2D eigenvalue weighted by Gasteiger charge is 2.18. The Bertz CT molecular complexity index is 568. The lowest BCUT2D eigenvalue weighted by Gasteiger charge is -2.21. The van der Waals surface area contributed by atoms with Crippen molar-refractivity contribution in [1.82, 2.24) is 4.98 Å². The van der Waals surface area contributed by atoms with Gasteiger partial charge < -0.3 is 10.2 Å². The highest BCUT2D eigenvalue weighted by molar-refractivity contribution is 5.67. The first kappa shape index (κ1) is 13.8. The van der Waals surface area contributed by atoms with Gasteiger partial charge in [-0.1, -0.05) is 32.9 Å². The maximum Gasteiger partial charge on any atom is 0.208 e. The van der Waals surface area contributed by atoms with Crippen molar-refractivity contribution < 1.29 is 4.42 Å². The van der Waals surface area contributed by atoms with Gasteiger partial charge in [-0.15, -0.1) is 0 Å². The fraction of sp³-hybridized carbons (Fsp3) is 0.438. The second-order valence-corrected chi connectivity index (χ2v) is 6.07. The quantitative estimate of drug-likeness (QED) is 0.893. The topological polar surface area (TPSA) is 52.0 Å². The Morgan fingerprint density at radius 3 is 2.16 bits per heavy atom. The summed E-state index contributed by atoms with van der Waals surface area (Å²) in [7, 11) is 0. The molecule has 0 atom stereocenters. The van der Waals surface area contributed by atoms with Crippen molar-refractivity contribution in [1.29, 1.82) is 0 Å². The lowest BCUT2D eigenvalue weighted by Crippen LogP contribution is -2.12. The van der Waals surface area contributed by atoms with Crippen LogP contribution in [0.4, 0.5) is 0 Å². The van der Waals surface area contributed by atoms with Gasteiger partial charge in [-0.3, -0.25) is 0 Å². The Balaban J connectivity index is 2.53. The van der Waals surface area contributed by atoms with E-state index in [1.54, 1.807) is 6.26 Å². The van der Waals surface area contributed by atoms with Gasteiger partial charge in [0.15, 0.2) is 0 Å². The number of aromatic nitrogens is 1. The van der Waals surface area contributed by atoms with Crippen molar-refractivity contribution in [2.45, 2.75) is 46.6 Å². The molecule has 0 spiro atoms. The zero-order chi connectivity index (χ0) is 14.2. The second-order valence-electron chi connectivity index (χ2n) is 6.07. The van der Waals surface area contributed by atoms with E-state index < -0.39 is 0 Å². The molecule has 0 aliphatic rings. The third-order valence-corrected chi connectivity index (χ3v) is 3.38. The number of hydrogen-bond acceptors (Lipinski definition) is 3. The average molecular weight is 258 g/mol. The predicted molar refractivity (Wildman–Crippen MR) is 78.0 cm³/mol. The van der Waals surface area contributed by atoms with Crippen molar-refractivity contribution in [3.63, 3.8) is 0 Å². The van der Waals surface area contributed by atoms with Crippen molar-refractivity contribution in [3.8, 4) is 11.3 Å². The smallest absolute Gasteiger partial charge is 0.208 e. The number of benzene rings is 1. The van der Waals surface area contributed by atoms with Crippen molar-refractivity contribution in [3.05, 3.63) is 41.0 Å². The summed E-state index contributed by atoms with van der Waals surface area (Å²) in [4.78, 5) is 4.42. The van der Waals surface area contributed by atoms with E-state index in [1.165, 1.54) is 16.7 Å². The Labute approximate surface area is 114 Å². The molecule has 19 heavy (non-hydrogen) atoms. The van der Waals surface area contributed by atoms with Gasteiger partial charge in [-0.05, 0) is 36.0 Å². The Morgan fingerprint density at radius 1 is 1.16 bits per heavy atom. The van der Waals surface area contributed by atoms with Crippen LogP contribution in [0.3, 0.4) is 0 Å². The SMILES string of the molecule is Cc1cc(C(C)(C)C)cc(C)c1-c1coc(CN)n1. The second kappa shape index (κ2) is 4.82. The number of nitrogens with two attached hydrogens (primary N) is 1. The molecule has 0 fully saturated rings. The maximum atomic E-state index is 5.54. The minimum Gasteiger partial charge on any atom is -0.447 e. The van der Waals surface area contributed by atoms with Crippen LogP contribution in [0.5, 0.6) is 0 Å². The van der Waals surface area contributed by atoms with Gasteiger partial charge in [-0.25, -0.2) is 4.98 Å². The zero-order valence-corrected chi connectivity index (χ0v) is 12.4. The standard InChI is InChI=1S/C16H22N2O/c1-10-6-12(16(3,4)5)7-11(2)15(10)13-9-19-14(8-17)18-13/h6-7,9H,8,17H2,1-5H3. The molecule has 2 aromatic rings. The van der Waals surface area contributed by atoms with Crippen LogP contribution in [0.1, 0.15) is 43.4 Å². The van der Waals surface area contributed by atoms with Crippen LogP contribution >= 0.6 is 0 Å². The molecule has 0 bridgehead atoms. The van der Waals surface area contributed by atoms with Crippen LogP contribution in [0.2, 0.25) is 0 Å². The first-order valence-corrected chi connectivity index (χ1v) is 6.59. The molecule has 1 aromatic carbocycles. The highest BCUT2D eigenvalue weighted by Crippen LogP contribution is 2.32. The van der Waals surface area contributed by atoms with Crippen LogP contribution in [-0.2, 0) is 12.0 Å². The van der Waals surface area contributed by atoms with Gasteiger partial charge in [-0.2, -0.15) is 0 Å². The fourth-order valence-electron chi connectivity index (χ4n) is 2.32. The first-order chi connectivity index (χ1) is 8.82. The Kier molecular flexibility index (Phi) is 3.50. The monoisotopic (exact) mass is 258 g/mol. The number of rotatable bonds is 2. The largest absolute Gasteiger partial charge is 0.447 e. The van der Waals surface area contributed by atoms with Gasteiger partial charge in [0.2, 0.25) is 5.89 Å². The molecule has 1 heterocycles. The molecule has 2 N–H and O–H groups in total. The summed E-state index contributed by atoms with van der Waals surface area (Å²) in [5.74, 6) is 0.577. The van der Waals surface area contributed by atoms with E-state index in [0.29, 0.717) is 12.4 Å². The van der Waals surface area contributed by atoms with E-state index >= 15 is 0 Å². The molecule has 1 aromatic heterocycles. The minimum atomic E-state index is 0.153. The van der Waals surface area contributed by atoms with Crippen LogP contribution in [0, 0.1) is 13.8 Å². The molecule has 2 rings (SSSR count).